The zero-order chi connectivity index (χ0) is 25.5. The number of aromatic nitrogens is 2. The Balaban J connectivity index is 1.40. The first kappa shape index (κ1) is 24.9. The van der Waals surface area contributed by atoms with Gasteiger partial charge in [-0.1, -0.05) is 6.07 Å². The minimum atomic E-state index is -1.15. The maximum absolute atomic E-state index is 12.7. The number of carbonyl (C=O) groups excluding carboxylic acids is 1. The van der Waals surface area contributed by atoms with E-state index in [0.717, 1.165) is 16.8 Å². The molecule has 36 heavy (non-hydrogen) atoms. The molecule has 0 spiro atoms. The molecule has 2 aromatic heterocycles. The van der Waals surface area contributed by atoms with Crippen LogP contribution in [0.4, 0.5) is 16.3 Å². The largest absolute Gasteiger partial charge is 0.468 e. The number of carboxylic acid groups (broad SMARTS) is 1. The van der Waals surface area contributed by atoms with E-state index >= 15 is 0 Å². The maximum atomic E-state index is 12.7. The van der Waals surface area contributed by atoms with E-state index in [0.29, 0.717) is 23.6 Å². The Morgan fingerprint density at radius 2 is 2.06 bits per heavy atom. The van der Waals surface area contributed by atoms with Gasteiger partial charge in [0.2, 0.25) is 0 Å². The highest BCUT2D eigenvalue weighted by Gasteiger charge is 2.35. The third-order valence-corrected chi connectivity index (χ3v) is 5.81. The summed E-state index contributed by atoms with van der Waals surface area (Å²) in [6.45, 7) is 0.0601. The molecule has 0 saturated heterocycles. The fraction of sp³-hybridized carbons (Fsp3) is 0.280. The summed E-state index contributed by atoms with van der Waals surface area (Å²) >= 11 is 0. The van der Waals surface area contributed by atoms with Gasteiger partial charge in [0.15, 0.2) is 6.79 Å². The summed E-state index contributed by atoms with van der Waals surface area (Å²) in [6, 6.07) is 11.4. The van der Waals surface area contributed by atoms with Crippen LogP contribution in [0.3, 0.4) is 0 Å². The molecule has 4 rings (SSSR count). The Kier molecular flexibility index (Phi) is 7.93. The number of methoxy groups -OCH3 is 1. The summed E-state index contributed by atoms with van der Waals surface area (Å²) in [7, 11) is 1.52. The van der Waals surface area contributed by atoms with E-state index in [4.69, 9.17) is 9.47 Å². The van der Waals surface area contributed by atoms with Gasteiger partial charge in [0.1, 0.15) is 11.6 Å². The van der Waals surface area contributed by atoms with E-state index in [2.05, 4.69) is 20.6 Å². The molecule has 0 saturated carbocycles. The Morgan fingerprint density at radius 3 is 2.81 bits per heavy atom. The number of benzene rings is 1. The van der Waals surface area contributed by atoms with Crippen molar-refractivity contribution in [2.75, 3.05) is 25.8 Å². The number of rotatable bonds is 9. The van der Waals surface area contributed by atoms with E-state index in [1.54, 1.807) is 42.7 Å². The second kappa shape index (κ2) is 11.5. The molecule has 0 fully saturated rings. The van der Waals surface area contributed by atoms with Gasteiger partial charge in [0, 0.05) is 38.2 Å². The van der Waals surface area contributed by atoms with Gasteiger partial charge in [-0.2, -0.15) is 0 Å². The zero-order valence-electron chi connectivity index (χ0n) is 19.6. The quantitative estimate of drug-likeness (QED) is 0.330. The fourth-order valence-corrected chi connectivity index (χ4v) is 4.01. The number of nitrogens with zero attached hydrogens (tertiary/aromatic N) is 3. The average Bonchev–Trinajstić information content (AvgIpc) is 2.90. The first-order chi connectivity index (χ1) is 17.4. The molecule has 2 amide bonds. The third kappa shape index (κ3) is 6.06. The number of fused-ring (bicyclic) bond motifs is 1. The topological polar surface area (TPSA) is 146 Å². The van der Waals surface area contributed by atoms with Crippen LogP contribution in [0.2, 0.25) is 0 Å². The standard InChI is InChI=1S/C25H27N5O6/c1-35-15-36-20-5-4-16-10-21(30(25(33)34)14-18(16)9-20)22(31)13-28-24(32)17-6-8-27-23(11-17)29-19-3-2-7-26-12-19/h2-9,11-12,21-22,31H,10,13-15H2,1H3,(H,27,29)(H,28,32)(H,33,34)/t21-,22+/m0/s1. The molecule has 2 atom stereocenters. The molecule has 1 aliphatic heterocycles. The van der Waals surface area contributed by atoms with Crippen molar-refractivity contribution < 1.29 is 29.3 Å². The van der Waals surface area contributed by atoms with Crippen LogP contribution in [-0.4, -0.2) is 69.7 Å². The maximum Gasteiger partial charge on any atom is 0.407 e. The van der Waals surface area contributed by atoms with Crippen molar-refractivity contribution in [1.29, 1.82) is 0 Å². The summed E-state index contributed by atoms with van der Waals surface area (Å²) < 4.78 is 10.3. The second-order valence-corrected chi connectivity index (χ2v) is 8.24. The van der Waals surface area contributed by atoms with Crippen molar-refractivity contribution in [3.63, 3.8) is 0 Å². The van der Waals surface area contributed by atoms with Gasteiger partial charge in [-0.3, -0.25) is 14.7 Å². The molecule has 0 aliphatic carbocycles. The molecule has 1 aromatic carbocycles. The van der Waals surface area contributed by atoms with Crippen LogP contribution in [0.1, 0.15) is 21.5 Å². The normalized spacial score (nSPS) is 15.5. The van der Waals surface area contributed by atoms with Crippen LogP contribution >= 0.6 is 0 Å². The molecule has 0 bridgehead atoms. The lowest BCUT2D eigenvalue weighted by molar-refractivity contribution is 0.0375. The highest BCUT2D eigenvalue weighted by molar-refractivity contribution is 5.94. The van der Waals surface area contributed by atoms with Crippen molar-refractivity contribution in [3.05, 3.63) is 77.7 Å². The zero-order valence-corrected chi connectivity index (χ0v) is 19.6. The second-order valence-electron chi connectivity index (χ2n) is 8.24. The number of aliphatic hydroxyl groups is 1. The minimum Gasteiger partial charge on any atom is -0.468 e. The molecule has 11 nitrogen and oxygen atoms in total. The molecule has 11 heteroatoms. The number of hydrogen-bond acceptors (Lipinski definition) is 8. The fourth-order valence-electron chi connectivity index (χ4n) is 4.01. The first-order valence-corrected chi connectivity index (χ1v) is 11.3. The van der Waals surface area contributed by atoms with Crippen molar-refractivity contribution >= 4 is 23.5 Å². The smallest absolute Gasteiger partial charge is 0.407 e. The van der Waals surface area contributed by atoms with Gasteiger partial charge >= 0.3 is 6.09 Å². The van der Waals surface area contributed by atoms with Gasteiger partial charge < -0.3 is 30.3 Å². The lowest BCUT2D eigenvalue weighted by Gasteiger charge is -2.37. The van der Waals surface area contributed by atoms with Gasteiger partial charge in [-0.05, 0) is 53.9 Å². The molecular weight excluding hydrogens is 466 g/mol. The average molecular weight is 494 g/mol. The van der Waals surface area contributed by atoms with E-state index in [9.17, 15) is 19.8 Å². The number of ether oxygens (including phenoxy) is 2. The van der Waals surface area contributed by atoms with Crippen molar-refractivity contribution in [3.8, 4) is 5.75 Å². The number of nitrogens with one attached hydrogen (secondary N) is 2. The van der Waals surface area contributed by atoms with E-state index in [1.165, 1.54) is 18.2 Å². The number of hydrogen-bond donors (Lipinski definition) is 4. The lowest BCUT2D eigenvalue weighted by Crippen LogP contribution is -2.53. The molecule has 4 N–H and O–H groups in total. The van der Waals surface area contributed by atoms with E-state index in [-0.39, 0.29) is 19.9 Å². The molecule has 1 aliphatic rings. The number of aliphatic hydroxyl groups excluding tert-OH is 1. The van der Waals surface area contributed by atoms with Gasteiger partial charge in [-0.25, -0.2) is 9.78 Å². The number of anilines is 2. The molecule has 0 radical (unpaired) electrons. The number of amides is 2. The Hall–Kier alpha value is -4.22. The van der Waals surface area contributed by atoms with E-state index in [1.807, 2.05) is 12.1 Å². The molecule has 3 heterocycles. The SMILES string of the molecule is COCOc1ccc2c(c1)CN(C(=O)O)[C@H]([C@H](O)CNC(=O)c1ccnc(Nc3cccnc3)c1)C2. The van der Waals surface area contributed by atoms with Gasteiger partial charge in [-0.15, -0.1) is 0 Å². The van der Waals surface area contributed by atoms with Crippen LogP contribution in [0.5, 0.6) is 5.75 Å². The predicted octanol–water partition coefficient (Wildman–Crippen LogP) is 2.40. The summed E-state index contributed by atoms with van der Waals surface area (Å²) in [4.78, 5) is 34.1. The minimum absolute atomic E-state index is 0.0843. The third-order valence-electron chi connectivity index (χ3n) is 5.81. The lowest BCUT2D eigenvalue weighted by atomic mass is 9.91. The van der Waals surface area contributed by atoms with Crippen molar-refractivity contribution in [2.24, 2.45) is 0 Å². The number of carbonyl (C=O) groups is 2. The first-order valence-electron chi connectivity index (χ1n) is 11.3. The summed E-state index contributed by atoms with van der Waals surface area (Å²) in [5.41, 5.74) is 2.77. The summed E-state index contributed by atoms with van der Waals surface area (Å²) in [5.74, 6) is 0.622. The van der Waals surface area contributed by atoms with Crippen LogP contribution in [0, 0.1) is 0 Å². The van der Waals surface area contributed by atoms with Crippen molar-refractivity contribution in [1.82, 2.24) is 20.2 Å². The highest BCUT2D eigenvalue weighted by Crippen LogP contribution is 2.28. The molecule has 188 valence electrons. The van der Waals surface area contributed by atoms with Crippen LogP contribution in [0.25, 0.3) is 0 Å². The van der Waals surface area contributed by atoms with Gasteiger partial charge in [0.05, 0.1) is 24.0 Å². The van der Waals surface area contributed by atoms with Crippen molar-refractivity contribution in [2.45, 2.75) is 25.1 Å². The summed E-state index contributed by atoms with van der Waals surface area (Å²) in [5, 5.41) is 26.4. The Bertz CT molecular complexity index is 1210. The monoisotopic (exact) mass is 493 g/mol. The van der Waals surface area contributed by atoms with E-state index < -0.39 is 24.1 Å². The number of pyridine rings is 2. The Morgan fingerprint density at radius 1 is 1.19 bits per heavy atom. The summed E-state index contributed by atoms with van der Waals surface area (Å²) in [6.07, 6.45) is 2.82. The predicted molar refractivity (Wildman–Crippen MR) is 130 cm³/mol. The Labute approximate surface area is 207 Å². The van der Waals surface area contributed by atoms with Crippen LogP contribution in [0.15, 0.2) is 61.1 Å². The molecular formula is C25H27N5O6. The molecule has 3 aromatic rings. The van der Waals surface area contributed by atoms with Gasteiger partial charge in [0.25, 0.3) is 5.91 Å². The highest BCUT2D eigenvalue weighted by atomic mass is 16.7. The molecule has 0 unspecified atom stereocenters. The van der Waals surface area contributed by atoms with Crippen LogP contribution < -0.4 is 15.4 Å². The van der Waals surface area contributed by atoms with Crippen LogP contribution in [-0.2, 0) is 17.7 Å².